The summed E-state index contributed by atoms with van der Waals surface area (Å²) in [7, 11) is 3.72. The molecule has 1 saturated carbocycles. The van der Waals surface area contributed by atoms with E-state index in [9.17, 15) is 0 Å². The molecular weight excluding hydrogens is 466 g/mol. The molecule has 0 amide bonds. The van der Waals surface area contributed by atoms with Gasteiger partial charge >= 0.3 is 0 Å². The van der Waals surface area contributed by atoms with Crippen LogP contribution in [0.1, 0.15) is 29.5 Å². The standard InChI is InChI=1S/C21H28BIN2O3/c1-13-7-15(5-6-19(13)26-2)21(25,12-28-20(23)24)16-8-17(22)10-18(9-16)27-11-14-3-4-14/h5-10,14,20H,3-4,11-12,22,24-25H2,1-2H3. The molecule has 1 aliphatic rings. The van der Waals surface area contributed by atoms with Crippen molar-refractivity contribution in [2.24, 2.45) is 17.4 Å². The molecule has 7 heteroatoms. The summed E-state index contributed by atoms with van der Waals surface area (Å²) in [5.41, 5.74) is 16.0. The molecule has 0 aromatic heterocycles. The normalized spacial score (nSPS) is 17.0. The van der Waals surface area contributed by atoms with E-state index in [1.807, 2.05) is 53.8 Å². The van der Waals surface area contributed by atoms with Crippen molar-refractivity contribution >= 4 is 35.9 Å². The van der Waals surface area contributed by atoms with Gasteiger partial charge in [0.15, 0.2) is 4.23 Å². The van der Waals surface area contributed by atoms with Crippen molar-refractivity contribution in [3.63, 3.8) is 0 Å². The molecule has 0 aliphatic heterocycles. The zero-order valence-corrected chi connectivity index (χ0v) is 18.9. The minimum atomic E-state index is -0.858. The minimum absolute atomic E-state index is 0.258. The molecule has 1 aliphatic carbocycles. The lowest BCUT2D eigenvalue weighted by atomic mass is 9.81. The van der Waals surface area contributed by atoms with Gasteiger partial charge in [-0.3, -0.25) is 5.73 Å². The molecule has 3 rings (SSSR count). The zero-order valence-electron chi connectivity index (χ0n) is 16.7. The third-order valence-electron chi connectivity index (χ3n) is 5.13. The SMILES string of the molecule is Bc1cc(OCC2CC2)cc(C(N)(COC(N)I)c2ccc(OC)c(C)c2)c1. The number of alkyl halides is 1. The molecule has 0 radical (unpaired) electrons. The van der Waals surface area contributed by atoms with E-state index in [4.69, 9.17) is 25.7 Å². The zero-order chi connectivity index (χ0) is 20.3. The highest BCUT2D eigenvalue weighted by Crippen LogP contribution is 2.34. The summed E-state index contributed by atoms with van der Waals surface area (Å²) in [6, 6.07) is 12.1. The van der Waals surface area contributed by atoms with Gasteiger partial charge in [0.05, 0.1) is 25.9 Å². The van der Waals surface area contributed by atoms with Gasteiger partial charge in [0.1, 0.15) is 19.3 Å². The Kier molecular flexibility index (Phi) is 6.91. The fourth-order valence-corrected chi connectivity index (χ4v) is 3.47. The maximum atomic E-state index is 6.98. The average Bonchev–Trinajstić information content (AvgIpc) is 3.48. The van der Waals surface area contributed by atoms with Crippen LogP contribution in [0.15, 0.2) is 36.4 Å². The first-order chi connectivity index (χ1) is 13.3. The Hall–Kier alpha value is -1.29. The van der Waals surface area contributed by atoms with Crippen LogP contribution in [0.4, 0.5) is 0 Å². The van der Waals surface area contributed by atoms with Crippen molar-refractivity contribution in [2.75, 3.05) is 20.3 Å². The molecule has 2 aromatic rings. The predicted molar refractivity (Wildman–Crippen MR) is 123 cm³/mol. The Morgan fingerprint density at radius 3 is 2.57 bits per heavy atom. The van der Waals surface area contributed by atoms with Gasteiger partial charge in [0.25, 0.3) is 0 Å². The minimum Gasteiger partial charge on any atom is -0.496 e. The Morgan fingerprint density at radius 2 is 1.96 bits per heavy atom. The lowest BCUT2D eigenvalue weighted by molar-refractivity contribution is 0.0913. The maximum Gasteiger partial charge on any atom is 0.158 e. The smallest absolute Gasteiger partial charge is 0.158 e. The fraction of sp³-hybridized carbons (Fsp3) is 0.429. The number of benzene rings is 2. The van der Waals surface area contributed by atoms with Crippen LogP contribution < -0.4 is 26.4 Å². The third-order valence-corrected chi connectivity index (χ3v) is 5.49. The summed E-state index contributed by atoms with van der Waals surface area (Å²) in [4.78, 5) is 0. The quantitative estimate of drug-likeness (QED) is 0.183. The second-order valence-corrected chi connectivity index (χ2v) is 8.83. The van der Waals surface area contributed by atoms with Gasteiger partial charge < -0.3 is 19.9 Å². The number of nitrogens with two attached hydrogens (primary N) is 2. The summed E-state index contributed by atoms with van der Waals surface area (Å²) < 4.78 is 16.8. The third kappa shape index (κ3) is 5.20. The molecule has 1 fully saturated rings. The van der Waals surface area contributed by atoms with E-state index in [1.165, 1.54) is 12.8 Å². The van der Waals surface area contributed by atoms with E-state index < -0.39 is 9.77 Å². The van der Waals surface area contributed by atoms with E-state index in [1.54, 1.807) is 7.11 Å². The molecule has 28 heavy (non-hydrogen) atoms. The molecule has 0 heterocycles. The first kappa shape index (κ1) is 21.4. The Balaban J connectivity index is 1.99. The van der Waals surface area contributed by atoms with Crippen LogP contribution in [0, 0.1) is 12.8 Å². The Morgan fingerprint density at radius 1 is 1.21 bits per heavy atom. The molecule has 5 nitrogen and oxygen atoms in total. The van der Waals surface area contributed by atoms with Crippen molar-refractivity contribution in [2.45, 2.75) is 29.5 Å². The molecule has 2 aromatic carbocycles. The van der Waals surface area contributed by atoms with Crippen LogP contribution in [0.3, 0.4) is 0 Å². The summed E-state index contributed by atoms with van der Waals surface area (Å²) in [5, 5.41) is 0. The topological polar surface area (TPSA) is 79.7 Å². The highest BCUT2D eigenvalue weighted by molar-refractivity contribution is 14.1. The maximum absolute atomic E-state index is 6.98. The first-order valence-electron chi connectivity index (χ1n) is 9.52. The summed E-state index contributed by atoms with van der Waals surface area (Å²) >= 11 is 2.04. The number of methoxy groups -OCH3 is 1. The number of hydrogen-bond donors (Lipinski definition) is 2. The molecule has 4 N–H and O–H groups in total. The van der Waals surface area contributed by atoms with Crippen molar-refractivity contribution in [1.29, 1.82) is 0 Å². The van der Waals surface area contributed by atoms with Gasteiger partial charge in [0.2, 0.25) is 0 Å². The summed E-state index contributed by atoms with van der Waals surface area (Å²) in [5.74, 6) is 2.37. The highest BCUT2D eigenvalue weighted by atomic mass is 127. The van der Waals surface area contributed by atoms with E-state index >= 15 is 0 Å². The Bertz CT molecular complexity index is 829. The summed E-state index contributed by atoms with van der Waals surface area (Å²) in [6.07, 6.45) is 2.51. The van der Waals surface area contributed by atoms with E-state index in [-0.39, 0.29) is 6.61 Å². The van der Waals surface area contributed by atoms with Crippen molar-refractivity contribution < 1.29 is 14.2 Å². The average molecular weight is 494 g/mol. The van der Waals surface area contributed by atoms with Gasteiger partial charge in [0, 0.05) is 0 Å². The van der Waals surface area contributed by atoms with Gasteiger partial charge in [-0.25, -0.2) is 0 Å². The number of halogens is 1. The van der Waals surface area contributed by atoms with Crippen LogP contribution >= 0.6 is 22.6 Å². The number of aryl methyl sites for hydroxylation is 1. The number of ether oxygens (including phenoxy) is 3. The second-order valence-electron chi connectivity index (χ2n) is 7.61. The van der Waals surface area contributed by atoms with Crippen molar-refractivity contribution in [3.05, 3.63) is 53.1 Å². The van der Waals surface area contributed by atoms with Crippen LogP contribution in [0.5, 0.6) is 11.5 Å². The van der Waals surface area contributed by atoms with Gasteiger partial charge in [-0.05, 0) is 83.2 Å². The summed E-state index contributed by atoms with van der Waals surface area (Å²) in [6.45, 7) is 3.03. The molecule has 0 saturated heterocycles. The predicted octanol–water partition coefficient (Wildman–Crippen LogP) is 1.95. The fourth-order valence-electron chi connectivity index (χ4n) is 3.29. The number of rotatable bonds is 9. The molecule has 0 bridgehead atoms. The molecule has 2 atom stereocenters. The monoisotopic (exact) mass is 494 g/mol. The van der Waals surface area contributed by atoms with Crippen LogP contribution in [0.25, 0.3) is 0 Å². The van der Waals surface area contributed by atoms with Gasteiger partial charge in [-0.15, -0.1) is 0 Å². The lowest BCUT2D eigenvalue weighted by Gasteiger charge is -2.32. The van der Waals surface area contributed by atoms with E-state index in [2.05, 4.69) is 20.0 Å². The van der Waals surface area contributed by atoms with Gasteiger partial charge in [-0.2, -0.15) is 0 Å². The Labute approximate surface area is 181 Å². The van der Waals surface area contributed by atoms with Crippen molar-refractivity contribution in [3.8, 4) is 11.5 Å². The van der Waals surface area contributed by atoms with Crippen LogP contribution in [0.2, 0.25) is 0 Å². The van der Waals surface area contributed by atoms with E-state index in [0.29, 0.717) is 5.92 Å². The largest absolute Gasteiger partial charge is 0.496 e. The van der Waals surface area contributed by atoms with E-state index in [0.717, 1.165) is 40.3 Å². The van der Waals surface area contributed by atoms with Crippen molar-refractivity contribution in [1.82, 2.24) is 0 Å². The van der Waals surface area contributed by atoms with Gasteiger partial charge in [-0.1, -0.05) is 23.7 Å². The number of hydrogen-bond acceptors (Lipinski definition) is 5. The van der Waals surface area contributed by atoms with Crippen LogP contribution in [-0.2, 0) is 10.3 Å². The lowest BCUT2D eigenvalue weighted by Crippen LogP contribution is -2.44. The van der Waals surface area contributed by atoms with Crippen LogP contribution in [-0.4, -0.2) is 32.4 Å². The molecule has 0 spiro atoms. The first-order valence-corrected chi connectivity index (χ1v) is 10.8. The molecule has 150 valence electrons. The molecular formula is C21H28BIN2O3. The molecule has 2 unspecified atom stereocenters. The highest BCUT2D eigenvalue weighted by Gasteiger charge is 2.32. The second kappa shape index (κ2) is 9.03.